The van der Waals surface area contributed by atoms with Gasteiger partial charge in [0.05, 0.1) is 7.11 Å². The largest absolute Gasteiger partial charge is 0.495 e. The Hall–Kier alpha value is -1.60. The van der Waals surface area contributed by atoms with E-state index in [1.165, 1.54) is 7.11 Å². The van der Waals surface area contributed by atoms with Crippen LogP contribution in [-0.4, -0.2) is 55.3 Å². The van der Waals surface area contributed by atoms with Crippen molar-refractivity contribution in [2.45, 2.75) is 94.7 Å². The third kappa shape index (κ3) is 4.63. The lowest BCUT2D eigenvalue weighted by Crippen LogP contribution is -2.44. The van der Waals surface area contributed by atoms with Crippen molar-refractivity contribution >= 4 is 15.9 Å². The van der Waals surface area contributed by atoms with E-state index >= 15 is 0 Å². The highest BCUT2D eigenvalue weighted by atomic mass is 32.2. The Balaban J connectivity index is 1.65. The number of nitrogens with zero attached hydrogens (tertiary/aromatic N) is 2. The van der Waals surface area contributed by atoms with E-state index in [1.54, 1.807) is 22.5 Å². The standard InChI is InChI=1S/C24H36N2O4S/c1-17-7-10-20(11-8-17)26(21-12-13-21)24(27)19-9-14-22(30-3)23(16-19)31(28,29)25-15-5-4-6-18(25)2/h9,14,16-18,20-21H,4-8,10-13,15H2,1-3H3. The van der Waals surface area contributed by atoms with Crippen molar-refractivity contribution in [3.63, 3.8) is 0 Å². The van der Waals surface area contributed by atoms with E-state index in [-0.39, 0.29) is 22.9 Å². The minimum Gasteiger partial charge on any atom is -0.495 e. The van der Waals surface area contributed by atoms with Crippen molar-refractivity contribution in [2.75, 3.05) is 13.7 Å². The summed E-state index contributed by atoms with van der Waals surface area (Å²) < 4.78 is 34.0. The number of rotatable bonds is 6. The molecule has 0 radical (unpaired) electrons. The predicted octanol–water partition coefficient (Wildman–Crippen LogP) is 4.44. The second-order valence-electron chi connectivity index (χ2n) is 9.68. The van der Waals surface area contributed by atoms with Crippen LogP contribution in [0.15, 0.2) is 23.1 Å². The molecule has 1 atom stereocenters. The smallest absolute Gasteiger partial charge is 0.254 e. The molecule has 2 aliphatic carbocycles. The summed E-state index contributed by atoms with van der Waals surface area (Å²) >= 11 is 0. The first-order valence-electron chi connectivity index (χ1n) is 11.9. The second kappa shape index (κ2) is 9.10. The van der Waals surface area contributed by atoms with Crippen LogP contribution in [0.3, 0.4) is 0 Å². The zero-order valence-corrected chi connectivity index (χ0v) is 19.9. The molecule has 1 aromatic carbocycles. The highest BCUT2D eigenvalue weighted by Gasteiger charge is 2.40. The third-order valence-electron chi connectivity index (χ3n) is 7.29. The molecular weight excluding hydrogens is 412 g/mol. The van der Waals surface area contributed by atoms with Crippen molar-refractivity contribution in [1.29, 1.82) is 0 Å². The maximum Gasteiger partial charge on any atom is 0.254 e. The van der Waals surface area contributed by atoms with Crippen LogP contribution in [0.25, 0.3) is 0 Å². The van der Waals surface area contributed by atoms with Gasteiger partial charge in [-0.15, -0.1) is 0 Å². The van der Waals surface area contributed by atoms with E-state index in [1.807, 2.05) is 6.92 Å². The van der Waals surface area contributed by atoms with Crippen LogP contribution in [0, 0.1) is 5.92 Å². The zero-order valence-electron chi connectivity index (χ0n) is 19.0. The molecule has 4 rings (SSSR count). The summed E-state index contributed by atoms with van der Waals surface area (Å²) in [6.07, 6.45) is 9.22. The van der Waals surface area contributed by atoms with Gasteiger partial charge in [0.15, 0.2) is 0 Å². The summed E-state index contributed by atoms with van der Waals surface area (Å²) in [7, 11) is -2.25. The van der Waals surface area contributed by atoms with Crippen molar-refractivity contribution in [3.05, 3.63) is 23.8 Å². The topological polar surface area (TPSA) is 66.9 Å². The van der Waals surface area contributed by atoms with Gasteiger partial charge in [0.1, 0.15) is 10.6 Å². The number of benzene rings is 1. The van der Waals surface area contributed by atoms with Gasteiger partial charge in [0.25, 0.3) is 5.91 Å². The minimum absolute atomic E-state index is 0.0344. The fourth-order valence-corrected chi connectivity index (χ4v) is 7.10. The molecule has 1 aliphatic heterocycles. The summed E-state index contributed by atoms with van der Waals surface area (Å²) in [6.45, 7) is 4.75. The molecule has 1 amide bonds. The number of methoxy groups -OCH3 is 1. The molecule has 172 valence electrons. The number of sulfonamides is 1. The number of carbonyl (C=O) groups excluding carboxylic acids is 1. The Morgan fingerprint density at radius 3 is 2.23 bits per heavy atom. The summed E-state index contributed by atoms with van der Waals surface area (Å²) in [5.74, 6) is 0.989. The monoisotopic (exact) mass is 448 g/mol. The van der Waals surface area contributed by atoms with Crippen LogP contribution in [0.5, 0.6) is 5.75 Å². The molecule has 1 unspecified atom stereocenters. The number of hydrogen-bond acceptors (Lipinski definition) is 4. The lowest BCUT2D eigenvalue weighted by molar-refractivity contribution is 0.0592. The normalized spacial score (nSPS) is 27.6. The van der Waals surface area contributed by atoms with Crippen LogP contribution in [-0.2, 0) is 10.0 Å². The van der Waals surface area contributed by atoms with Crippen molar-refractivity contribution in [1.82, 2.24) is 9.21 Å². The number of ether oxygens (including phenoxy) is 1. The summed E-state index contributed by atoms with van der Waals surface area (Å²) in [5.41, 5.74) is 0.453. The molecule has 1 saturated heterocycles. The number of amides is 1. The van der Waals surface area contributed by atoms with E-state index in [0.29, 0.717) is 23.9 Å². The first-order valence-corrected chi connectivity index (χ1v) is 13.3. The molecule has 0 spiro atoms. The molecule has 3 fully saturated rings. The van der Waals surface area contributed by atoms with Crippen molar-refractivity contribution < 1.29 is 17.9 Å². The van der Waals surface area contributed by atoms with Crippen LogP contribution >= 0.6 is 0 Å². The molecule has 3 aliphatic rings. The van der Waals surface area contributed by atoms with E-state index in [4.69, 9.17) is 4.74 Å². The first kappa shape index (κ1) is 22.6. The predicted molar refractivity (Wildman–Crippen MR) is 121 cm³/mol. The van der Waals surface area contributed by atoms with Gasteiger partial charge in [-0.2, -0.15) is 4.31 Å². The fraction of sp³-hybridized carbons (Fsp3) is 0.708. The Kier molecular flexibility index (Phi) is 6.63. The molecule has 1 aromatic rings. The Bertz CT molecular complexity index is 904. The van der Waals surface area contributed by atoms with Gasteiger partial charge in [0, 0.05) is 30.2 Å². The molecule has 0 bridgehead atoms. The maximum absolute atomic E-state index is 13.6. The van der Waals surface area contributed by atoms with E-state index in [9.17, 15) is 13.2 Å². The summed E-state index contributed by atoms with van der Waals surface area (Å²) in [6, 6.07) is 5.44. The Labute approximate surface area is 187 Å². The van der Waals surface area contributed by atoms with Gasteiger partial charge < -0.3 is 9.64 Å². The quantitative estimate of drug-likeness (QED) is 0.645. The number of carbonyl (C=O) groups is 1. The second-order valence-corrected chi connectivity index (χ2v) is 11.5. The first-order chi connectivity index (χ1) is 14.8. The van der Waals surface area contributed by atoms with Gasteiger partial charge in [-0.25, -0.2) is 8.42 Å². The molecule has 2 saturated carbocycles. The SMILES string of the molecule is COc1ccc(C(=O)N(C2CCC(C)CC2)C2CC2)cc1S(=O)(=O)N1CCCCC1C. The Morgan fingerprint density at radius 1 is 1.00 bits per heavy atom. The highest BCUT2D eigenvalue weighted by molar-refractivity contribution is 7.89. The van der Waals surface area contributed by atoms with Gasteiger partial charge in [0.2, 0.25) is 10.0 Å². The van der Waals surface area contributed by atoms with Crippen LogP contribution < -0.4 is 4.74 Å². The van der Waals surface area contributed by atoms with Crippen LogP contribution in [0.1, 0.15) is 82.0 Å². The lowest BCUT2D eigenvalue weighted by Gasteiger charge is -2.37. The molecule has 7 heteroatoms. The average molecular weight is 449 g/mol. The van der Waals surface area contributed by atoms with E-state index in [2.05, 4.69) is 11.8 Å². The maximum atomic E-state index is 13.6. The van der Waals surface area contributed by atoms with Gasteiger partial charge in [-0.05, 0) is 82.4 Å². The minimum atomic E-state index is -3.73. The highest BCUT2D eigenvalue weighted by Crippen LogP contribution is 2.37. The van der Waals surface area contributed by atoms with Crippen molar-refractivity contribution in [2.24, 2.45) is 5.92 Å². The van der Waals surface area contributed by atoms with Crippen molar-refractivity contribution in [3.8, 4) is 5.75 Å². The molecular formula is C24H36N2O4S. The number of piperidine rings is 1. The van der Waals surface area contributed by atoms with Crippen LogP contribution in [0.4, 0.5) is 0 Å². The summed E-state index contributed by atoms with van der Waals surface area (Å²) in [4.78, 5) is 15.8. The molecule has 0 aromatic heterocycles. The molecule has 0 N–H and O–H groups in total. The molecule has 31 heavy (non-hydrogen) atoms. The van der Waals surface area contributed by atoms with Gasteiger partial charge in [-0.3, -0.25) is 4.79 Å². The average Bonchev–Trinajstić information content (AvgIpc) is 3.60. The van der Waals surface area contributed by atoms with E-state index < -0.39 is 10.0 Å². The third-order valence-corrected chi connectivity index (χ3v) is 9.33. The van der Waals surface area contributed by atoms with Gasteiger partial charge in [-0.1, -0.05) is 13.3 Å². The fourth-order valence-electron chi connectivity index (χ4n) is 5.22. The molecule has 6 nitrogen and oxygen atoms in total. The van der Waals surface area contributed by atoms with Crippen LogP contribution in [0.2, 0.25) is 0 Å². The van der Waals surface area contributed by atoms with Gasteiger partial charge >= 0.3 is 0 Å². The number of hydrogen-bond donors (Lipinski definition) is 0. The summed E-state index contributed by atoms with van der Waals surface area (Å²) in [5, 5.41) is 0. The Morgan fingerprint density at radius 2 is 1.65 bits per heavy atom. The van der Waals surface area contributed by atoms with E-state index in [0.717, 1.165) is 63.7 Å². The zero-order chi connectivity index (χ0) is 22.2. The molecule has 1 heterocycles. The lowest BCUT2D eigenvalue weighted by atomic mass is 9.86.